The van der Waals surface area contributed by atoms with Gasteiger partial charge in [-0.1, -0.05) is 48.5 Å². The van der Waals surface area contributed by atoms with Crippen LogP contribution in [-0.4, -0.2) is 16.6 Å². The standard InChI is InChI=1S/C26H26N4O/c1-3-31-23-16-14-21(15-17-23)27-18-24-19(2)28-25(20-10-6-4-7-11-20)30-26(24)29-22-12-8-5-9-13-22/h4-17,27H,3,18H2,1-2H3,(H,28,29,30). The molecule has 4 rings (SSSR count). The number of benzene rings is 3. The Bertz CT molecular complexity index is 1110. The third-order valence-electron chi connectivity index (χ3n) is 4.92. The molecule has 0 spiro atoms. The lowest BCUT2D eigenvalue weighted by molar-refractivity contribution is 0.340. The second-order valence-electron chi connectivity index (χ2n) is 7.13. The van der Waals surface area contributed by atoms with Gasteiger partial charge in [0.25, 0.3) is 0 Å². The van der Waals surface area contributed by atoms with Crippen molar-refractivity contribution in [1.29, 1.82) is 0 Å². The predicted octanol–water partition coefficient (Wildman–Crippen LogP) is 6.21. The molecule has 4 aromatic rings. The van der Waals surface area contributed by atoms with Gasteiger partial charge in [0.1, 0.15) is 11.6 Å². The lowest BCUT2D eigenvalue weighted by atomic mass is 10.1. The van der Waals surface area contributed by atoms with Crippen LogP contribution in [0.5, 0.6) is 5.75 Å². The van der Waals surface area contributed by atoms with Gasteiger partial charge in [0.15, 0.2) is 5.82 Å². The highest BCUT2D eigenvalue weighted by molar-refractivity contribution is 5.65. The van der Waals surface area contributed by atoms with E-state index in [1.165, 1.54) is 0 Å². The summed E-state index contributed by atoms with van der Waals surface area (Å²) < 4.78 is 5.53. The number of aryl methyl sites for hydroxylation is 1. The van der Waals surface area contributed by atoms with Crippen LogP contribution in [0.15, 0.2) is 84.9 Å². The first-order valence-electron chi connectivity index (χ1n) is 10.4. The van der Waals surface area contributed by atoms with E-state index in [4.69, 9.17) is 14.7 Å². The maximum atomic E-state index is 5.53. The lowest BCUT2D eigenvalue weighted by Gasteiger charge is -2.16. The van der Waals surface area contributed by atoms with Crippen LogP contribution in [0, 0.1) is 6.92 Å². The molecule has 0 radical (unpaired) electrons. The van der Waals surface area contributed by atoms with Crippen LogP contribution in [0.2, 0.25) is 0 Å². The summed E-state index contributed by atoms with van der Waals surface area (Å²) in [6, 6.07) is 28.1. The van der Waals surface area contributed by atoms with Gasteiger partial charge in [-0.3, -0.25) is 0 Å². The third-order valence-corrected chi connectivity index (χ3v) is 4.92. The van der Waals surface area contributed by atoms with E-state index < -0.39 is 0 Å². The van der Waals surface area contributed by atoms with Crippen molar-refractivity contribution in [3.63, 3.8) is 0 Å². The van der Waals surface area contributed by atoms with Gasteiger partial charge in [-0.05, 0) is 50.2 Å². The van der Waals surface area contributed by atoms with Crippen LogP contribution in [0.25, 0.3) is 11.4 Å². The molecule has 1 aromatic heterocycles. The van der Waals surface area contributed by atoms with Crippen molar-refractivity contribution in [3.05, 3.63) is 96.2 Å². The zero-order valence-electron chi connectivity index (χ0n) is 17.8. The molecule has 0 fully saturated rings. The summed E-state index contributed by atoms with van der Waals surface area (Å²) in [5.41, 5.74) is 4.96. The summed E-state index contributed by atoms with van der Waals surface area (Å²) in [7, 11) is 0. The summed E-state index contributed by atoms with van der Waals surface area (Å²) in [6.45, 7) is 5.27. The van der Waals surface area contributed by atoms with E-state index in [9.17, 15) is 0 Å². The minimum atomic E-state index is 0.601. The number of nitrogens with zero attached hydrogens (tertiary/aromatic N) is 2. The summed E-state index contributed by atoms with van der Waals surface area (Å²) in [5, 5.41) is 6.96. The maximum absolute atomic E-state index is 5.53. The number of aromatic nitrogens is 2. The van der Waals surface area contributed by atoms with Crippen molar-refractivity contribution < 1.29 is 4.74 Å². The van der Waals surface area contributed by atoms with Gasteiger partial charge in [0, 0.05) is 34.7 Å². The van der Waals surface area contributed by atoms with Gasteiger partial charge in [-0.2, -0.15) is 0 Å². The van der Waals surface area contributed by atoms with Gasteiger partial charge in [0.05, 0.1) is 6.61 Å². The maximum Gasteiger partial charge on any atom is 0.161 e. The number of rotatable bonds is 8. The van der Waals surface area contributed by atoms with E-state index in [1.54, 1.807) is 0 Å². The molecule has 0 aliphatic rings. The van der Waals surface area contributed by atoms with E-state index in [0.29, 0.717) is 19.0 Å². The fourth-order valence-corrected chi connectivity index (χ4v) is 3.31. The molecule has 3 aromatic carbocycles. The third kappa shape index (κ3) is 5.20. The summed E-state index contributed by atoms with van der Waals surface area (Å²) in [4.78, 5) is 9.65. The highest BCUT2D eigenvalue weighted by Gasteiger charge is 2.13. The average Bonchev–Trinajstić information content (AvgIpc) is 2.81. The minimum absolute atomic E-state index is 0.601. The molecular formula is C26H26N4O. The number of hydrogen-bond acceptors (Lipinski definition) is 5. The first kappa shape index (κ1) is 20.4. The zero-order valence-corrected chi connectivity index (χ0v) is 17.8. The second kappa shape index (κ2) is 9.76. The van der Waals surface area contributed by atoms with Crippen LogP contribution in [0.4, 0.5) is 17.2 Å². The number of ether oxygens (including phenoxy) is 1. The fourth-order valence-electron chi connectivity index (χ4n) is 3.31. The SMILES string of the molecule is CCOc1ccc(NCc2c(C)nc(-c3ccccc3)nc2Nc2ccccc2)cc1. The first-order chi connectivity index (χ1) is 15.2. The van der Waals surface area contributed by atoms with E-state index in [-0.39, 0.29) is 0 Å². The molecule has 0 atom stereocenters. The summed E-state index contributed by atoms with van der Waals surface area (Å²) in [5.74, 6) is 2.38. The molecule has 0 unspecified atom stereocenters. The Labute approximate surface area is 183 Å². The molecule has 31 heavy (non-hydrogen) atoms. The van der Waals surface area contributed by atoms with Crippen molar-refractivity contribution in [2.24, 2.45) is 0 Å². The molecule has 5 heteroatoms. The molecule has 5 nitrogen and oxygen atoms in total. The van der Waals surface area contributed by atoms with Crippen LogP contribution in [0.1, 0.15) is 18.2 Å². The molecule has 0 saturated carbocycles. The van der Waals surface area contributed by atoms with Gasteiger partial charge >= 0.3 is 0 Å². The average molecular weight is 411 g/mol. The largest absolute Gasteiger partial charge is 0.494 e. The van der Waals surface area contributed by atoms with Gasteiger partial charge in [0.2, 0.25) is 0 Å². The van der Waals surface area contributed by atoms with Crippen molar-refractivity contribution in [3.8, 4) is 17.1 Å². The first-order valence-corrected chi connectivity index (χ1v) is 10.4. The molecule has 156 valence electrons. The van der Waals surface area contributed by atoms with Crippen LogP contribution >= 0.6 is 0 Å². The van der Waals surface area contributed by atoms with Crippen molar-refractivity contribution in [1.82, 2.24) is 9.97 Å². The molecule has 0 amide bonds. The summed E-state index contributed by atoms with van der Waals surface area (Å²) >= 11 is 0. The molecule has 2 N–H and O–H groups in total. The van der Waals surface area contributed by atoms with E-state index in [2.05, 4.69) is 10.6 Å². The quantitative estimate of drug-likeness (QED) is 0.362. The fraction of sp³-hybridized carbons (Fsp3) is 0.154. The number of anilines is 3. The molecule has 1 heterocycles. The Morgan fingerprint density at radius 3 is 2.13 bits per heavy atom. The van der Waals surface area contributed by atoms with Crippen molar-refractivity contribution in [2.75, 3.05) is 17.2 Å². The number of nitrogens with one attached hydrogen (secondary N) is 2. The van der Waals surface area contributed by atoms with E-state index in [1.807, 2.05) is 98.8 Å². The normalized spacial score (nSPS) is 10.5. The predicted molar refractivity (Wildman–Crippen MR) is 127 cm³/mol. The Kier molecular flexibility index (Phi) is 6.43. The number of hydrogen-bond donors (Lipinski definition) is 2. The molecular weight excluding hydrogens is 384 g/mol. The zero-order chi connectivity index (χ0) is 21.5. The molecule has 0 saturated heterocycles. The Hall–Kier alpha value is -3.86. The molecule has 0 bridgehead atoms. The van der Waals surface area contributed by atoms with Crippen LogP contribution < -0.4 is 15.4 Å². The van der Waals surface area contributed by atoms with Crippen molar-refractivity contribution >= 4 is 17.2 Å². The topological polar surface area (TPSA) is 59.1 Å². The smallest absolute Gasteiger partial charge is 0.161 e. The van der Waals surface area contributed by atoms with Gasteiger partial charge in [-0.25, -0.2) is 9.97 Å². The molecule has 0 aliphatic heterocycles. The Morgan fingerprint density at radius 1 is 0.774 bits per heavy atom. The summed E-state index contributed by atoms with van der Waals surface area (Å²) in [6.07, 6.45) is 0. The minimum Gasteiger partial charge on any atom is -0.494 e. The monoisotopic (exact) mass is 410 g/mol. The van der Waals surface area contributed by atoms with Crippen LogP contribution in [-0.2, 0) is 6.54 Å². The Morgan fingerprint density at radius 2 is 1.45 bits per heavy atom. The van der Waals surface area contributed by atoms with Crippen molar-refractivity contribution in [2.45, 2.75) is 20.4 Å². The van der Waals surface area contributed by atoms with E-state index >= 15 is 0 Å². The second-order valence-corrected chi connectivity index (χ2v) is 7.13. The highest BCUT2D eigenvalue weighted by Crippen LogP contribution is 2.26. The number of para-hydroxylation sites is 1. The van der Waals surface area contributed by atoms with E-state index in [0.717, 1.165) is 39.8 Å². The lowest BCUT2D eigenvalue weighted by Crippen LogP contribution is -2.10. The van der Waals surface area contributed by atoms with Gasteiger partial charge < -0.3 is 15.4 Å². The molecule has 0 aliphatic carbocycles. The van der Waals surface area contributed by atoms with Gasteiger partial charge in [-0.15, -0.1) is 0 Å². The highest BCUT2D eigenvalue weighted by atomic mass is 16.5. The van der Waals surface area contributed by atoms with Crippen LogP contribution in [0.3, 0.4) is 0 Å². The Balaban J connectivity index is 1.63.